The van der Waals surface area contributed by atoms with Gasteiger partial charge in [-0.25, -0.2) is 0 Å². The number of anilines is 1. The summed E-state index contributed by atoms with van der Waals surface area (Å²) in [5.74, 6) is 0.535. The number of hydrogen-bond acceptors (Lipinski definition) is 3. The van der Waals surface area contributed by atoms with Gasteiger partial charge in [0.1, 0.15) is 0 Å². The van der Waals surface area contributed by atoms with Crippen molar-refractivity contribution in [3.63, 3.8) is 0 Å². The third kappa shape index (κ3) is 3.47. The molecule has 3 heteroatoms. The predicted octanol–water partition coefficient (Wildman–Crippen LogP) is 2.70. The van der Waals surface area contributed by atoms with Gasteiger partial charge in [0.2, 0.25) is 0 Å². The average molecular weight is 232 g/mol. The lowest BCUT2D eigenvalue weighted by atomic mass is 10.0. The van der Waals surface area contributed by atoms with Crippen molar-refractivity contribution in [2.75, 3.05) is 18.5 Å². The van der Waals surface area contributed by atoms with Crippen molar-refractivity contribution in [3.05, 3.63) is 29.3 Å². The molecule has 3 nitrogen and oxygen atoms in total. The summed E-state index contributed by atoms with van der Waals surface area (Å²) in [4.78, 5) is 2.09. The second kappa shape index (κ2) is 5.70. The Balaban J connectivity index is 3.13. The maximum absolute atomic E-state index is 9.74. The van der Waals surface area contributed by atoms with Crippen molar-refractivity contribution in [1.82, 2.24) is 0 Å². The molecule has 1 aromatic rings. The SMILES string of the molecule is CC(C)CN(C)c1cc(C#N)ccc1[C@@H](C)O. The number of hydrogen-bond donors (Lipinski definition) is 1. The van der Waals surface area contributed by atoms with Crippen molar-refractivity contribution in [2.24, 2.45) is 5.92 Å². The Kier molecular flexibility index (Phi) is 4.53. The highest BCUT2D eigenvalue weighted by Gasteiger charge is 2.13. The minimum Gasteiger partial charge on any atom is -0.389 e. The summed E-state index contributed by atoms with van der Waals surface area (Å²) in [6.07, 6.45) is -0.521. The molecule has 0 amide bonds. The van der Waals surface area contributed by atoms with Crippen LogP contribution in [0, 0.1) is 17.2 Å². The van der Waals surface area contributed by atoms with Crippen LogP contribution in [0.4, 0.5) is 5.69 Å². The van der Waals surface area contributed by atoms with Gasteiger partial charge in [0.05, 0.1) is 17.7 Å². The first-order valence-electron chi connectivity index (χ1n) is 5.89. The second-order valence-electron chi connectivity index (χ2n) is 4.84. The van der Waals surface area contributed by atoms with E-state index in [0.29, 0.717) is 11.5 Å². The first-order valence-corrected chi connectivity index (χ1v) is 5.89. The van der Waals surface area contributed by atoms with E-state index in [1.807, 2.05) is 19.2 Å². The van der Waals surface area contributed by atoms with Gasteiger partial charge in [0.15, 0.2) is 0 Å². The van der Waals surface area contributed by atoms with E-state index in [9.17, 15) is 5.11 Å². The summed E-state index contributed by atoms with van der Waals surface area (Å²) in [6, 6.07) is 7.54. The maximum Gasteiger partial charge on any atom is 0.0992 e. The lowest BCUT2D eigenvalue weighted by Crippen LogP contribution is -2.24. The first-order chi connectivity index (χ1) is 7.95. The van der Waals surface area contributed by atoms with Crippen molar-refractivity contribution >= 4 is 5.69 Å². The second-order valence-corrected chi connectivity index (χ2v) is 4.84. The Morgan fingerprint density at radius 1 is 1.35 bits per heavy atom. The van der Waals surface area contributed by atoms with Crippen LogP contribution in [0.3, 0.4) is 0 Å². The summed E-state index contributed by atoms with van der Waals surface area (Å²) in [7, 11) is 1.99. The fourth-order valence-corrected chi connectivity index (χ4v) is 1.94. The highest BCUT2D eigenvalue weighted by atomic mass is 16.3. The number of nitrogens with zero attached hydrogens (tertiary/aromatic N) is 2. The zero-order chi connectivity index (χ0) is 13.0. The van der Waals surface area contributed by atoms with Gasteiger partial charge in [-0.3, -0.25) is 0 Å². The molecule has 0 bridgehead atoms. The van der Waals surface area contributed by atoms with E-state index in [0.717, 1.165) is 17.8 Å². The molecule has 1 atom stereocenters. The number of nitriles is 1. The van der Waals surface area contributed by atoms with Crippen LogP contribution in [0.5, 0.6) is 0 Å². The van der Waals surface area contributed by atoms with Crippen LogP contribution in [0.1, 0.15) is 38.0 Å². The molecule has 0 fully saturated rings. The highest BCUT2D eigenvalue weighted by Crippen LogP contribution is 2.27. The summed E-state index contributed by atoms with van der Waals surface area (Å²) >= 11 is 0. The van der Waals surface area contributed by atoms with Gasteiger partial charge < -0.3 is 10.0 Å². The minimum atomic E-state index is -0.521. The summed E-state index contributed by atoms with van der Waals surface area (Å²) in [5, 5.41) is 18.7. The third-order valence-corrected chi connectivity index (χ3v) is 2.66. The first kappa shape index (κ1) is 13.5. The van der Waals surface area contributed by atoms with Gasteiger partial charge in [-0.2, -0.15) is 5.26 Å². The molecular weight excluding hydrogens is 212 g/mol. The molecule has 1 aromatic carbocycles. The van der Waals surface area contributed by atoms with E-state index in [2.05, 4.69) is 24.8 Å². The number of rotatable bonds is 4. The van der Waals surface area contributed by atoms with E-state index >= 15 is 0 Å². The Labute approximate surface area is 103 Å². The standard InChI is InChI=1S/C14H20N2O/c1-10(2)9-16(4)14-7-12(8-15)5-6-13(14)11(3)17/h5-7,10-11,17H,9H2,1-4H3/t11-/m1/s1. The molecule has 0 saturated carbocycles. The quantitative estimate of drug-likeness (QED) is 0.868. The predicted molar refractivity (Wildman–Crippen MR) is 69.9 cm³/mol. The van der Waals surface area contributed by atoms with E-state index < -0.39 is 6.10 Å². The van der Waals surface area contributed by atoms with Gasteiger partial charge >= 0.3 is 0 Å². The molecule has 92 valence electrons. The maximum atomic E-state index is 9.74. The molecule has 0 aliphatic carbocycles. The zero-order valence-electron chi connectivity index (χ0n) is 10.9. The van der Waals surface area contributed by atoms with E-state index in [1.54, 1.807) is 13.0 Å². The summed E-state index contributed by atoms with van der Waals surface area (Å²) in [6.45, 7) is 6.93. The lowest BCUT2D eigenvalue weighted by Gasteiger charge is -2.25. The van der Waals surface area contributed by atoms with E-state index in [1.165, 1.54) is 0 Å². The van der Waals surface area contributed by atoms with Crippen molar-refractivity contribution in [3.8, 4) is 6.07 Å². The van der Waals surface area contributed by atoms with E-state index in [-0.39, 0.29) is 0 Å². The third-order valence-electron chi connectivity index (χ3n) is 2.66. The van der Waals surface area contributed by atoms with Crippen LogP contribution in [-0.2, 0) is 0 Å². The molecule has 0 radical (unpaired) electrons. The van der Waals surface area contributed by atoms with Crippen LogP contribution in [-0.4, -0.2) is 18.7 Å². The van der Waals surface area contributed by atoms with Crippen LogP contribution < -0.4 is 4.90 Å². The molecule has 0 saturated heterocycles. The van der Waals surface area contributed by atoms with E-state index in [4.69, 9.17) is 5.26 Å². The van der Waals surface area contributed by atoms with Gasteiger partial charge in [-0.05, 0) is 25.0 Å². The Morgan fingerprint density at radius 2 is 2.00 bits per heavy atom. The molecule has 0 unspecified atom stereocenters. The van der Waals surface area contributed by atoms with Gasteiger partial charge in [0, 0.05) is 24.8 Å². The Morgan fingerprint density at radius 3 is 2.47 bits per heavy atom. The molecular formula is C14H20N2O. The molecule has 17 heavy (non-hydrogen) atoms. The smallest absolute Gasteiger partial charge is 0.0992 e. The topological polar surface area (TPSA) is 47.3 Å². The molecule has 0 aliphatic rings. The zero-order valence-corrected chi connectivity index (χ0v) is 10.9. The molecule has 0 aliphatic heterocycles. The highest BCUT2D eigenvalue weighted by molar-refractivity contribution is 5.58. The summed E-state index contributed by atoms with van der Waals surface area (Å²) < 4.78 is 0. The monoisotopic (exact) mass is 232 g/mol. The van der Waals surface area contributed by atoms with Crippen molar-refractivity contribution in [2.45, 2.75) is 26.9 Å². The molecule has 1 rings (SSSR count). The minimum absolute atomic E-state index is 0.521. The van der Waals surface area contributed by atoms with Gasteiger partial charge in [-0.15, -0.1) is 0 Å². The average Bonchev–Trinajstić information content (AvgIpc) is 2.27. The molecule has 0 aromatic heterocycles. The van der Waals surface area contributed by atoms with Crippen molar-refractivity contribution < 1.29 is 5.11 Å². The molecule has 0 heterocycles. The van der Waals surface area contributed by atoms with Crippen LogP contribution in [0.25, 0.3) is 0 Å². The van der Waals surface area contributed by atoms with Gasteiger partial charge in [-0.1, -0.05) is 19.9 Å². The normalized spacial score (nSPS) is 12.3. The summed E-state index contributed by atoms with van der Waals surface area (Å²) in [5.41, 5.74) is 2.43. The lowest BCUT2D eigenvalue weighted by molar-refractivity contribution is 0.199. The number of benzene rings is 1. The Bertz CT molecular complexity index is 419. The van der Waals surface area contributed by atoms with Gasteiger partial charge in [0.25, 0.3) is 0 Å². The largest absolute Gasteiger partial charge is 0.389 e. The Hall–Kier alpha value is -1.53. The fraction of sp³-hybridized carbons (Fsp3) is 0.500. The molecule has 1 N–H and O–H groups in total. The fourth-order valence-electron chi connectivity index (χ4n) is 1.94. The number of aliphatic hydroxyl groups is 1. The van der Waals surface area contributed by atoms with Crippen LogP contribution in [0.15, 0.2) is 18.2 Å². The van der Waals surface area contributed by atoms with Crippen LogP contribution in [0.2, 0.25) is 0 Å². The van der Waals surface area contributed by atoms with Crippen LogP contribution >= 0.6 is 0 Å². The number of aliphatic hydroxyl groups excluding tert-OH is 1. The molecule has 0 spiro atoms. The van der Waals surface area contributed by atoms with Crippen molar-refractivity contribution in [1.29, 1.82) is 5.26 Å².